The van der Waals surface area contributed by atoms with Gasteiger partial charge in [-0.1, -0.05) is 18.2 Å². The number of fused-ring (bicyclic) bond motifs is 2. The van der Waals surface area contributed by atoms with E-state index in [2.05, 4.69) is 17.1 Å². The zero-order chi connectivity index (χ0) is 19.8. The second-order valence-corrected chi connectivity index (χ2v) is 7.57. The van der Waals surface area contributed by atoms with Crippen molar-refractivity contribution < 1.29 is 19.4 Å². The lowest BCUT2D eigenvalue weighted by Gasteiger charge is -2.35. The Morgan fingerprint density at radius 2 is 1.90 bits per heavy atom. The number of carbonyl (C=O) groups is 1. The summed E-state index contributed by atoms with van der Waals surface area (Å²) in [5.41, 5.74) is 2.32. The molecule has 0 bridgehead atoms. The highest BCUT2D eigenvalue weighted by molar-refractivity contribution is 5.83. The molecule has 148 valence electrons. The largest absolute Gasteiger partial charge is 0.508 e. The highest BCUT2D eigenvalue weighted by atomic mass is 16.6. The van der Waals surface area contributed by atoms with Crippen LogP contribution >= 0.6 is 0 Å². The molecular formula is C23H22N2O4. The number of phenolic OH excluding ortho intramolecular Hbond substituents is 1. The quantitative estimate of drug-likeness (QED) is 0.725. The molecule has 1 fully saturated rings. The molecular weight excluding hydrogens is 368 g/mol. The molecule has 3 heterocycles. The van der Waals surface area contributed by atoms with Crippen LogP contribution in [0.1, 0.15) is 24.3 Å². The third kappa shape index (κ3) is 3.35. The predicted molar refractivity (Wildman–Crippen MR) is 108 cm³/mol. The average Bonchev–Trinajstić information content (AvgIpc) is 2.78. The number of carbonyl (C=O) groups excluding carboxylic acids is 1. The molecule has 1 atom stereocenters. The molecule has 0 spiro atoms. The summed E-state index contributed by atoms with van der Waals surface area (Å²) in [5, 5.41) is 10.8. The first-order valence-corrected chi connectivity index (χ1v) is 9.94. The van der Waals surface area contributed by atoms with Gasteiger partial charge in [-0.3, -0.25) is 9.78 Å². The Balaban J connectivity index is 1.26. The van der Waals surface area contributed by atoms with Gasteiger partial charge in [0.25, 0.3) is 5.91 Å². The number of hydrogen-bond acceptors (Lipinski definition) is 5. The molecule has 1 amide bonds. The minimum Gasteiger partial charge on any atom is -0.508 e. The van der Waals surface area contributed by atoms with Crippen LogP contribution in [0.5, 0.6) is 17.2 Å². The van der Waals surface area contributed by atoms with E-state index < -0.39 is 6.10 Å². The fourth-order valence-corrected chi connectivity index (χ4v) is 4.27. The number of amides is 1. The normalized spacial score (nSPS) is 19.3. The first kappa shape index (κ1) is 17.8. The lowest BCUT2D eigenvalue weighted by molar-refractivity contribution is -0.142. The Kier molecular flexibility index (Phi) is 4.46. The first-order chi connectivity index (χ1) is 14.2. The van der Waals surface area contributed by atoms with Crippen LogP contribution in [0.15, 0.2) is 54.7 Å². The number of piperidine rings is 1. The molecule has 1 saturated heterocycles. The molecule has 6 heteroatoms. The van der Waals surface area contributed by atoms with Gasteiger partial charge in [0.15, 0.2) is 11.5 Å². The van der Waals surface area contributed by atoms with Crippen molar-refractivity contribution >= 4 is 16.8 Å². The highest BCUT2D eigenvalue weighted by Crippen LogP contribution is 2.36. The molecule has 2 aromatic carbocycles. The Labute approximate surface area is 168 Å². The van der Waals surface area contributed by atoms with Crippen molar-refractivity contribution in [1.82, 2.24) is 9.88 Å². The van der Waals surface area contributed by atoms with Gasteiger partial charge >= 0.3 is 0 Å². The maximum absolute atomic E-state index is 13.0. The van der Waals surface area contributed by atoms with Gasteiger partial charge in [0, 0.05) is 30.7 Å². The molecule has 29 heavy (non-hydrogen) atoms. The maximum atomic E-state index is 13.0. The SMILES string of the molecule is O=C(C1COc2ccc(O)cc2O1)N1CCC(c2ccnc3ccccc23)CC1. The van der Waals surface area contributed by atoms with E-state index in [1.165, 1.54) is 23.1 Å². The monoisotopic (exact) mass is 390 g/mol. The van der Waals surface area contributed by atoms with Crippen LogP contribution < -0.4 is 9.47 Å². The van der Waals surface area contributed by atoms with Gasteiger partial charge in [0.05, 0.1) is 5.52 Å². The zero-order valence-corrected chi connectivity index (χ0v) is 16.0. The topological polar surface area (TPSA) is 71.9 Å². The maximum Gasteiger partial charge on any atom is 0.267 e. The number of likely N-dealkylation sites (tertiary alicyclic amines) is 1. The molecule has 2 aliphatic rings. The van der Waals surface area contributed by atoms with Crippen LogP contribution in [0.4, 0.5) is 0 Å². The fraction of sp³-hybridized carbons (Fsp3) is 0.304. The molecule has 5 rings (SSSR count). The van der Waals surface area contributed by atoms with Gasteiger partial charge in [-0.05, 0) is 48.6 Å². The number of rotatable bonds is 2. The van der Waals surface area contributed by atoms with Gasteiger partial charge in [0.1, 0.15) is 12.4 Å². The minimum absolute atomic E-state index is 0.0583. The van der Waals surface area contributed by atoms with Gasteiger partial charge in [0.2, 0.25) is 6.10 Å². The van der Waals surface area contributed by atoms with Crippen LogP contribution in [-0.2, 0) is 4.79 Å². The van der Waals surface area contributed by atoms with Gasteiger partial charge in [-0.25, -0.2) is 0 Å². The molecule has 0 aliphatic carbocycles. The molecule has 6 nitrogen and oxygen atoms in total. The van der Waals surface area contributed by atoms with E-state index in [9.17, 15) is 9.90 Å². The summed E-state index contributed by atoms with van der Waals surface area (Å²) in [5.74, 6) is 1.40. The average molecular weight is 390 g/mol. The third-order valence-corrected chi connectivity index (χ3v) is 5.79. The minimum atomic E-state index is -0.678. The van der Waals surface area contributed by atoms with E-state index in [4.69, 9.17) is 9.47 Å². The Hall–Kier alpha value is -3.28. The van der Waals surface area contributed by atoms with E-state index in [1.807, 2.05) is 29.3 Å². The molecule has 0 saturated carbocycles. The Morgan fingerprint density at radius 1 is 1.07 bits per heavy atom. The second-order valence-electron chi connectivity index (χ2n) is 7.57. The molecule has 1 aromatic heterocycles. The number of nitrogens with zero attached hydrogens (tertiary/aromatic N) is 2. The van der Waals surface area contributed by atoms with Gasteiger partial charge in [-0.2, -0.15) is 0 Å². The van der Waals surface area contributed by atoms with Gasteiger partial charge < -0.3 is 19.5 Å². The Bertz CT molecular complexity index is 1050. The van der Waals surface area contributed by atoms with Crippen molar-refractivity contribution in [2.45, 2.75) is 24.9 Å². The van der Waals surface area contributed by atoms with E-state index in [0.29, 0.717) is 30.5 Å². The number of para-hydroxylation sites is 1. The lowest BCUT2D eigenvalue weighted by Crippen LogP contribution is -2.48. The van der Waals surface area contributed by atoms with Crippen molar-refractivity contribution in [1.29, 1.82) is 0 Å². The van der Waals surface area contributed by atoms with E-state index in [0.717, 1.165) is 18.4 Å². The lowest BCUT2D eigenvalue weighted by atomic mass is 9.87. The van der Waals surface area contributed by atoms with Crippen LogP contribution in [0.25, 0.3) is 10.9 Å². The van der Waals surface area contributed by atoms with Crippen molar-refractivity contribution in [3.63, 3.8) is 0 Å². The van der Waals surface area contributed by atoms with Crippen LogP contribution in [-0.4, -0.2) is 46.7 Å². The smallest absolute Gasteiger partial charge is 0.267 e. The van der Waals surface area contributed by atoms with Crippen molar-refractivity contribution in [2.75, 3.05) is 19.7 Å². The molecule has 1 unspecified atom stereocenters. The van der Waals surface area contributed by atoms with E-state index in [1.54, 1.807) is 6.07 Å². The fourth-order valence-electron chi connectivity index (χ4n) is 4.27. The number of pyridine rings is 1. The second kappa shape index (κ2) is 7.28. The first-order valence-electron chi connectivity index (χ1n) is 9.94. The van der Waals surface area contributed by atoms with Crippen LogP contribution in [0, 0.1) is 0 Å². The standard InChI is InChI=1S/C23H22N2O4/c26-16-5-6-20-21(13-16)29-22(14-28-20)23(27)25-11-8-15(9-12-25)17-7-10-24-19-4-2-1-3-18(17)19/h1-7,10,13,15,22,26H,8-9,11-12,14H2. The van der Waals surface area contributed by atoms with E-state index >= 15 is 0 Å². The summed E-state index contributed by atoms with van der Waals surface area (Å²) in [7, 11) is 0. The summed E-state index contributed by atoms with van der Waals surface area (Å²) >= 11 is 0. The summed E-state index contributed by atoms with van der Waals surface area (Å²) in [6.07, 6.45) is 3.01. The van der Waals surface area contributed by atoms with Crippen molar-refractivity contribution in [3.05, 3.63) is 60.3 Å². The van der Waals surface area contributed by atoms with Crippen molar-refractivity contribution in [2.24, 2.45) is 0 Å². The zero-order valence-electron chi connectivity index (χ0n) is 16.0. The summed E-state index contributed by atoms with van der Waals surface area (Å²) in [6.45, 7) is 1.56. The third-order valence-electron chi connectivity index (χ3n) is 5.79. The molecule has 3 aromatic rings. The van der Waals surface area contributed by atoms with E-state index in [-0.39, 0.29) is 18.3 Å². The van der Waals surface area contributed by atoms with Gasteiger partial charge in [-0.15, -0.1) is 0 Å². The number of benzene rings is 2. The summed E-state index contributed by atoms with van der Waals surface area (Å²) < 4.78 is 11.5. The highest BCUT2D eigenvalue weighted by Gasteiger charge is 2.33. The molecule has 2 aliphatic heterocycles. The van der Waals surface area contributed by atoms with Crippen LogP contribution in [0.3, 0.4) is 0 Å². The summed E-state index contributed by atoms with van der Waals surface area (Å²) in [4.78, 5) is 19.3. The number of aromatic hydroxyl groups is 1. The van der Waals surface area contributed by atoms with Crippen LogP contribution in [0.2, 0.25) is 0 Å². The number of hydrogen-bond donors (Lipinski definition) is 1. The summed E-state index contributed by atoms with van der Waals surface area (Å²) in [6, 6.07) is 15.0. The number of phenols is 1. The van der Waals surface area contributed by atoms with Crippen molar-refractivity contribution in [3.8, 4) is 17.2 Å². The predicted octanol–water partition coefficient (Wildman–Crippen LogP) is 3.49. The Morgan fingerprint density at radius 3 is 2.76 bits per heavy atom. The number of ether oxygens (including phenoxy) is 2. The number of aromatic nitrogens is 1. The molecule has 0 radical (unpaired) electrons. The molecule has 1 N–H and O–H groups in total.